The molecule has 2 fully saturated rings. The third-order valence-electron chi connectivity index (χ3n) is 6.79. The largest absolute Gasteiger partial charge is 0.486 e. The number of carbonyl (C=O) groups is 1. The molecule has 1 saturated heterocycles. The summed E-state index contributed by atoms with van der Waals surface area (Å²) in [6.07, 6.45) is 6.18. The number of ether oxygens (including phenoxy) is 2. The van der Waals surface area contributed by atoms with Gasteiger partial charge < -0.3 is 14.4 Å². The van der Waals surface area contributed by atoms with Gasteiger partial charge >= 0.3 is 0 Å². The highest BCUT2D eigenvalue weighted by molar-refractivity contribution is 7.92. The molecule has 1 saturated carbocycles. The monoisotopic (exact) mass is 456 g/mol. The number of hydrogen-bond donors (Lipinski definition) is 1. The zero-order chi connectivity index (χ0) is 22.1. The van der Waals surface area contributed by atoms with Crippen LogP contribution in [-0.4, -0.2) is 45.5 Å². The van der Waals surface area contributed by atoms with E-state index in [1.807, 2.05) is 4.90 Å². The zero-order valence-electron chi connectivity index (χ0n) is 18.0. The number of piperidine rings is 1. The van der Waals surface area contributed by atoms with Crippen LogP contribution in [0, 0.1) is 11.8 Å². The predicted octanol–water partition coefficient (Wildman–Crippen LogP) is 3.91. The molecule has 2 aromatic carbocycles. The molecule has 32 heavy (non-hydrogen) atoms. The molecule has 5 rings (SSSR count). The Kier molecular flexibility index (Phi) is 5.71. The van der Waals surface area contributed by atoms with E-state index in [1.165, 1.54) is 37.8 Å². The Morgan fingerprint density at radius 2 is 1.62 bits per heavy atom. The first kappa shape index (κ1) is 21.1. The number of nitrogens with one attached hydrogen (secondary N) is 1. The molecule has 0 radical (unpaired) electrons. The number of anilines is 1. The lowest BCUT2D eigenvalue weighted by atomic mass is 9.75. The summed E-state index contributed by atoms with van der Waals surface area (Å²) in [6.45, 7) is 2.47. The molecule has 2 aromatic rings. The SMILES string of the molecule is O=C(c1ccc(NS(=O)(=O)c2ccc3c(c2)OCCO3)cc1)N1CC[C@H]2CCCC[C@@H]2C1. The lowest BCUT2D eigenvalue weighted by Gasteiger charge is -2.41. The van der Waals surface area contributed by atoms with Gasteiger partial charge in [-0.15, -0.1) is 0 Å². The zero-order valence-corrected chi connectivity index (χ0v) is 18.8. The summed E-state index contributed by atoms with van der Waals surface area (Å²) in [6, 6.07) is 11.2. The van der Waals surface area contributed by atoms with Crippen molar-refractivity contribution in [2.45, 2.75) is 37.0 Å². The van der Waals surface area contributed by atoms with Crippen molar-refractivity contribution in [1.82, 2.24) is 4.90 Å². The second kappa shape index (κ2) is 8.65. The van der Waals surface area contributed by atoms with Gasteiger partial charge in [-0.25, -0.2) is 8.42 Å². The van der Waals surface area contributed by atoms with Crippen LogP contribution < -0.4 is 14.2 Å². The maximum Gasteiger partial charge on any atom is 0.262 e. The number of sulfonamides is 1. The molecule has 2 atom stereocenters. The minimum absolute atomic E-state index is 0.0234. The number of rotatable bonds is 4. The fourth-order valence-electron chi connectivity index (χ4n) is 5.05. The molecule has 0 bridgehead atoms. The summed E-state index contributed by atoms with van der Waals surface area (Å²) in [5, 5.41) is 0. The van der Waals surface area contributed by atoms with Gasteiger partial charge in [0.2, 0.25) is 0 Å². The van der Waals surface area contributed by atoms with Crippen LogP contribution >= 0.6 is 0 Å². The van der Waals surface area contributed by atoms with Crippen molar-refractivity contribution in [3.05, 3.63) is 48.0 Å². The van der Waals surface area contributed by atoms with E-state index >= 15 is 0 Å². The molecule has 2 aliphatic heterocycles. The molecular weight excluding hydrogens is 428 g/mol. The highest BCUT2D eigenvalue weighted by atomic mass is 32.2. The second-order valence-corrected chi connectivity index (χ2v) is 10.5. The first-order valence-electron chi connectivity index (χ1n) is 11.3. The van der Waals surface area contributed by atoms with Gasteiger partial charge in [0.05, 0.1) is 4.90 Å². The number of carbonyl (C=O) groups excluding carboxylic acids is 1. The van der Waals surface area contributed by atoms with Gasteiger partial charge in [-0.1, -0.05) is 19.3 Å². The average Bonchev–Trinajstić information content (AvgIpc) is 2.83. The Hall–Kier alpha value is -2.74. The van der Waals surface area contributed by atoms with Crippen LogP contribution in [0.15, 0.2) is 47.4 Å². The van der Waals surface area contributed by atoms with E-state index < -0.39 is 10.0 Å². The summed E-state index contributed by atoms with van der Waals surface area (Å²) >= 11 is 0. The number of fused-ring (bicyclic) bond motifs is 2. The minimum atomic E-state index is -3.79. The van der Waals surface area contributed by atoms with Crippen LogP contribution in [0.25, 0.3) is 0 Å². The number of likely N-dealkylation sites (tertiary alicyclic amines) is 1. The van der Waals surface area contributed by atoms with Gasteiger partial charge in [0, 0.05) is 30.4 Å². The topological polar surface area (TPSA) is 84.9 Å². The first-order chi connectivity index (χ1) is 15.5. The number of hydrogen-bond acceptors (Lipinski definition) is 5. The fourth-order valence-corrected chi connectivity index (χ4v) is 6.13. The van der Waals surface area contributed by atoms with E-state index in [0.29, 0.717) is 41.9 Å². The Morgan fingerprint density at radius 1 is 0.906 bits per heavy atom. The van der Waals surface area contributed by atoms with Crippen molar-refractivity contribution in [1.29, 1.82) is 0 Å². The van der Waals surface area contributed by atoms with E-state index in [1.54, 1.807) is 30.3 Å². The van der Waals surface area contributed by atoms with Crippen molar-refractivity contribution in [3.63, 3.8) is 0 Å². The summed E-state index contributed by atoms with van der Waals surface area (Å²) in [5.41, 5.74) is 0.990. The van der Waals surface area contributed by atoms with Crippen LogP contribution in [0.5, 0.6) is 11.5 Å². The van der Waals surface area contributed by atoms with Crippen molar-refractivity contribution in [3.8, 4) is 11.5 Å². The van der Waals surface area contributed by atoms with Crippen molar-refractivity contribution in [2.75, 3.05) is 31.0 Å². The molecule has 0 unspecified atom stereocenters. The third-order valence-corrected chi connectivity index (χ3v) is 8.17. The Bertz CT molecular complexity index is 1100. The van der Waals surface area contributed by atoms with Gasteiger partial charge in [0.1, 0.15) is 13.2 Å². The van der Waals surface area contributed by atoms with Gasteiger partial charge in [-0.3, -0.25) is 9.52 Å². The predicted molar refractivity (Wildman–Crippen MR) is 121 cm³/mol. The fraction of sp³-hybridized carbons (Fsp3) is 0.458. The third kappa shape index (κ3) is 4.28. The molecule has 170 valence electrons. The van der Waals surface area contributed by atoms with E-state index in [0.717, 1.165) is 25.4 Å². The number of nitrogens with zero attached hydrogens (tertiary/aromatic N) is 1. The maximum atomic E-state index is 13.0. The number of amides is 1. The first-order valence-corrected chi connectivity index (χ1v) is 12.8. The average molecular weight is 457 g/mol. The van der Waals surface area contributed by atoms with Crippen LogP contribution in [0.4, 0.5) is 5.69 Å². The van der Waals surface area contributed by atoms with Gasteiger partial charge in [0.25, 0.3) is 15.9 Å². The molecule has 8 heteroatoms. The normalized spacial score (nSPS) is 22.7. The van der Waals surface area contributed by atoms with Gasteiger partial charge in [-0.05, 0) is 61.1 Å². The van der Waals surface area contributed by atoms with Crippen molar-refractivity contribution < 1.29 is 22.7 Å². The molecule has 1 amide bonds. The molecule has 1 aliphatic carbocycles. The van der Waals surface area contributed by atoms with Crippen LogP contribution in [0.1, 0.15) is 42.5 Å². The van der Waals surface area contributed by atoms with E-state index in [-0.39, 0.29) is 10.8 Å². The quantitative estimate of drug-likeness (QED) is 0.754. The Morgan fingerprint density at radius 3 is 2.41 bits per heavy atom. The second-order valence-electron chi connectivity index (χ2n) is 8.83. The Balaban J connectivity index is 1.26. The smallest absolute Gasteiger partial charge is 0.262 e. The van der Waals surface area contributed by atoms with E-state index in [9.17, 15) is 13.2 Å². The van der Waals surface area contributed by atoms with Crippen molar-refractivity contribution in [2.24, 2.45) is 11.8 Å². The molecule has 2 heterocycles. The van der Waals surface area contributed by atoms with Gasteiger partial charge in [0.15, 0.2) is 11.5 Å². The molecule has 1 N–H and O–H groups in total. The molecule has 7 nitrogen and oxygen atoms in total. The summed E-state index contributed by atoms with van der Waals surface area (Å²) in [4.78, 5) is 15.0. The van der Waals surface area contributed by atoms with Crippen molar-refractivity contribution >= 4 is 21.6 Å². The highest BCUT2D eigenvalue weighted by Gasteiger charge is 2.33. The summed E-state index contributed by atoms with van der Waals surface area (Å²) < 4.78 is 39.1. The molecule has 0 spiro atoms. The van der Waals surface area contributed by atoms with Crippen LogP contribution in [0.2, 0.25) is 0 Å². The summed E-state index contributed by atoms with van der Waals surface area (Å²) in [5.74, 6) is 2.37. The highest BCUT2D eigenvalue weighted by Crippen LogP contribution is 2.36. The van der Waals surface area contributed by atoms with Crippen LogP contribution in [0.3, 0.4) is 0 Å². The molecular formula is C24H28N2O5S. The lowest BCUT2D eigenvalue weighted by Crippen LogP contribution is -2.44. The standard InChI is InChI=1S/C24H28N2O5S/c27-24(26-12-11-17-3-1-2-4-19(17)16-26)18-5-7-20(8-6-18)25-32(28,29)21-9-10-22-23(15-21)31-14-13-30-22/h5-10,15,17,19,25H,1-4,11-14,16H2/t17-,19-/m1/s1. The summed E-state index contributed by atoms with van der Waals surface area (Å²) in [7, 11) is -3.79. The van der Waals surface area contributed by atoms with E-state index in [4.69, 9.17) is 9.47 Å². The molecule has 3 aliphatic rings. The lowest BCUT2D eigenvalue weighted by molar-refractivity contribution is 0.0521. The van der Waals surface area contributed by atoms with Gasteiger partial charge in [-0.2, -0.15) is 0 Å². The van der Waals surface area contributed by atoms with E-state index in [2.05, 4.69) is 4.72 Å². The minimum Gasteiger partial charge on any atom is -0.486 e. The molecule has 0 aromatic heterocycles. The number of benzene rings is 2. The maximum absolute atomic E-state index is 13.0. The van der Waals surface area contributed by atoms with Crippen LogP contribution in [-0.2, 0) is 10.0 Å². The Labute approximate surface area is 188 Å².